The summed E-state index contributed by atoms with van der Waals surface area (Å²) in [6.45, 7) is 6.95. The highest BCUT2D eigenvalue weighted by Crippen LogP contribution is 2.37. The van der Waals surface area contributed by atoms with Crippen LogP contribution in [-0.4, -0.2) is 61.5 Å². The van der Waals surface area contributed by atoms with E-state index in [1.807, 2.05) is 4.72 Å². The highest BCUT2D eigenvalue weighted by Gasteiger charge is 2.55. The fraction of sp³-hybridized carbons (Fsp3) is 0.500. The third-order valence-electron chi connectivity index (χ3n) is 5.13. The molecule has 0 radical (unpaired) electrons. The molecule has 1 fully saturated rings. The van der Waals surface area contributed by atoms with E-state index < -0.39 is 58.3 Å². The summed E-state index contributed by atoms with van der Waals surface area (Å²) >= 11 is 0. The number of azide groups is 1. The first-order chi connectivity index (χ1) is 16.8. The van der Waals surface area contributed by atoms with Crippen molar-refractivity contribution < 1.29 is 32.3 Å². The first-order valence-corrected chi connectivity index (χ1v) is 12.4. The van der Waals surface area contributed by atoms with Crippen LogP contribution in [0.4, 0.5) is 4.79 Å². The lowest BCUT2D eigenvalue weighted by Crippen LogP contribution is -2.49. The molecule has 14 heteroatoms. The Balaban J connectivity index is 2.15. The fourth-order valence-corrected chi connectivity index (χ4v) is 4.77. The zero-order valence-corrected chi connectivity index (χ0v) is 21.2. The van der Waals surface area contributed by atoms with E-state index in [2.05, 4.69) is 21.9 Å². The van der Waals surface area contributed by atoms with Gasteiger partial charge in [-0.15, -0.1) is 6.58 Å². The van der Waals surface area contributed by atoms with Crippen LogP contribution in [0.3, 0.4) is 0 Å². The molecule has 0 aromatic heterocycles. The van der Waals surface area contributed by atoms with Gasteiger partial charge >= 0.3 is 22.3 Å². The zero-order valence-electron chi connectivity index (χ0n) is 20.3. The van der Waals surface area contributed by atoms with Crippen molar-refractivity contribution in [2.24, 2.45) is 11.0 Å². The van der Waals surface area contributed by atoms with Gasteiger partial charge in [-0.1, -0.05) is 41.5 Å². The second-order valence-corrected chi connectivity index (χ2v) is 10.7. The van der Waals surface area contributed by atoms with Crippen molar-refractivity contribution in [3.63, 3.8) is 0 Å². The quantitative estimate of drug-likeness (QED) is 0.155. The van der Waals surface area contributed by atoms with Crippen LogP contribution in [0.2, 0.25) is 0 Å². The number of rotatable bonds is 10. The Bertz CT molecular complexity index is 1130. The highest BCUT2D eigenvalue weighted by atomic mass is 32.2. The third-order valence-corrected chi connectivity index (χ3v) is 6.58. The molecule has 0 saturated carbocycles. The summed E-state index contributed by atoms with van der Waals surface area (Å²) < 4.78 is 38.8. The minimum Gasteiger partial charge on any atom is -0.460 e. The molecule has 0 aliphatic carbocycles. The number of allylic oxidation sites excluding steroid dienone is 1. The van der Waals surface area contributed by atoms with Gasteiger partial charge in [-0.2, -0.15) is 12.7 Å². The van der Waals surface area contributed by atoms with Crippen molar-refractivity contribution in [3.8, 4) is 0 Å². The second kappa shape index (κ2) is 11.9. The average Bonchev–Trinajstić information content (AvgIpc) is 3.16. The molecular weight excluding hydrogens is 492 g/mol. The Morgan fingerprint density at radius 2 is 1.97 bits per heavy atom. The van der Waals surface area contributed by atoms with E-state index in [9.17, 15) is 28.3 Å². The van der Waals surface area contributed by atoms with Crippen molar-refractivity contribution in [1.29, 1.82) is 0 Å². The van der Waals surface area contributed by atoms with Crippen LogP contribution >= 0.6 is 0 Å². The molecule has 2 N–H and O–H groups in total. The van der Waals surface area contributed by atoms with Crippen molar-refractivity contribution in [2.75, 3.05) is 19.6 Å². The number of hydrogen-bond acceptors (Lipinski definition) is 8. The van der Waals surface area contributed by atoms with Gasteiger partial charge in [0.2, 0.25) is 0 Å². The largest absolute Gasteiger partial charge is 0.460 e. The molecule has 1 saturated heterocycles. The Morgan fingerprint density at radius 3 is 2.56 bits per heavy atom. The standard InChI is InChI=1S/C22H30N6O7S/c1-5-9-17-13-28(36(32,33)25-18(29)12-24-20(31)35-21(2,3)4)15-22(17,26-27-23)19(30)34-14-16-10-7-6-8-11-16/h5-8,10-11,17H,1,9,12-15H2,2-4H3,(H,24,31)(H,25,29)/t17-,22-/m1/s1. The van der Waals surface area contributed by atoms with Crippen LogP contribution < -0.4 is 10.0 Å². The molecule has 1 aromatic rings. The first kappa shape index (κ1) is 28.6. The van der Waals surface area contributed by atoms with Gasteiger partial charge in [0, 0.05) is 18.0 Å². The number of benzene rings is 1. The lowest BCUT2D eigenvalue weighted by atomic mass is 9.85. The molecule has 1 heterocycles. The minimum absolute atomic E-state index is 0.108. The van der Waals surface area contributed by atoms with Crippen molar-refractivity contribution >= 4 is 28.2 Å². The molecule has 0 bridgehead atoms. The predicted molar refractivity (Wildman–Crippen MR) is 129 cm³/mol. The normalized spacial score (nSPS) is 20.0. The van der Waals surface area contributed by atoms with Crippen LogP contribution in [0.1, 0.15) is 32.8 Å². The molecular formula is C22H30N6O7S. The van der Waals surface area contributed by atoms with E-state index in [1.54, 1.807) is 51.1 Å². The van der Waals surface area contributed by atoms with E-state index in [1.165, 1.54) is 6.08 Å². The van der Waals surface area contributed by atoms with Gasteiger partial charge in [-0.05, 0) is 44.2 Å². The number of esters is 1. The summed E-state index contributed by atoms with van der Waals surface area (Å²) in [5, 5.41) is 5.83. The number of carbonyl (C=O) groups is 3. The van der Waals surface area contributed by atoms with E-state index in [0.29, 0.717) is 5.56 Å². The Morgan fingerprint density at radius 1 is 1.31 bits per heavy atom. The first-order valence-electron chi connectivity index (χ1n) is 11.0. The van der Waals surface area contributed by atoms with Gasteiger partial charge in [0.1, 0.15) is 18.8 Å². The number of nitrogens with one attached hydrogen (secondary N) is 2. The highest BCUT2D eigenvalue weighted by molar-refractivity contribution is 7.87. The predicted octanol–water partition coefficient (Wildman–Crippen LogP) is 2.17. The SMILES string of the molecule is C=CC[C@@H]1CN(S(=O)(=O)NC(=O)CNC(=O)OC(C)(C)C)C[C@]1(N=[N+]=[N-])C(=O)OCc1ccccc1. The Kier molecular flexibility index (Phi) is 9.45. The monoisotopic (exact) mass is 522 g/mol. The molecule has 1 aromatic carbocycles. The fourth-order valence-electron chi connectivity index (χ4n) is 3.54. The number of amides is 2. The molecule has 0 spiro atoms. The molecule has 36 heavy (non-hydrogen) atoms. The van der Waals surface area contributed by atoms with Crippen LogP contribution in [0.5, 0.6) is 0 Å². The minimum atomic E-state index is -4.47. The summed E-state index contributed by atoms with van der Waals surface area (Å²) in [5.41, 5.74) is 7.20. The maximum atomic E-state index is 13.1. The summed E-state index contributed by atoms with van der Waals surface area (Å²) in [5.74, 6) is -2.72. The third kappa shape index (κ3) is 7.70. The maximum Gasteiger partial charge on any atom is 0.408 e. The van der Waals surface area contributed by atoms with Gasteiger partial charge in [-0.25, -0.2) is 9.52 Å². The number of alkyl carbamates (subject to hydrolysis) is 1. The average molecular weight is 523 g/mol. The number of hydrogen-bond donors (Lipinski definition) is 2. The van der Waals surface area contributed by atoms with Crippen molar-refractivity contribution in [1.82, 2.24) is 14.3 Å². The van der Waals surface area contributed by atoms with Gasteiger partial charge in [-0.3, -0.25) is 9.59 Å². The number of carbonyl (C=O) groups excluding carboxylic acids is 3. The Labute approximate surface area is 209 Å². The summed E-state index contributed by atoms with van der Waals surface area (Å²) in [4.78, 5) is 39.8. The van der Waals surface area contributed by atoms with E-state index in [4.69, 9.17) is 9.47 Å². The van der Waals surface area contributed by atoms with Gasteiger partial charge < -0.3 is 14.8 Å². The van der Waals surface area contributed by atoms with E-state index >= 15 is 0 Å². The number of nitrogens with zero attached hydrogens (tertiary/aromatic N) is 4. The molecule has 1 aliphatic rings. The van der Waals surface area contributed by atoms with Crippen molar-refractivity contribution in [3.05, 3.63) is 59.0 Å². The van der Waals surface area contributed by atoms with Crippen LogP contribution in [0.25, 0.3) is 10.4 Å². The molecule has 2 rings (SSSR count). The second-order valence-electron chi connectivity index (χ2n) is 9.07. The molecule has 1 aliphatic heterocycles. The molecule has 13 nitrogen and oxygen atoms in total. The zero-order chi connectivity index (χ0) is 27.0. The van der Waals surface area contributed by atoms with Crippen LogP contribution in [0, 0.1) is 5.92 Å². The molecule has 196 valence electrons. The van der Waals surface area contributed by atoms with E-state index in [-0.39, 0.29) is 19.6 Å². The Hall–Kier alpha value is -3.61. The summed E-state index contributed by atoms with van der Waals surface area (Å²) in [7, 11) is -4.47. The lowest BCUT2D eigenvalue weighted by molar-refractivity contribution is -0.152. The van der Waals surface area contributed by atoms with Crippen LogP contribution in [0.15, 0.2) is 48.1 Å². The van der Waals surface area contributed by atoms with Gasteiger partial charge in [0.25, 0.3) is 5.91 Å². The van der Waals surface area contributed by atoms with Crippen molar-refractivity contribution in [2.45, 2.75) is 44.9 Å². The topological polar surface area (TPSA) is 180 Å². The maximum absolute atomic E-state index is 13.1. The van der Waals surface area contributed by atoms with Crippen LogP contribution in [-0.2, 0) is 35.9 Å². The molecule has 0 unspecified atom stereocenters. The van der Waals surface area contributed by atoms with E-state index in [0.717, 1.165) is 4.31 Å². The van der Waals surface area contributed by atoms with Gasteiger partial charge in [0.05, 0.1) is 0 Å². The summed E-state index contributed by atoms with van der Waals surface area (Å²) in [6, 6.07) is 8.79. The lowest BCUT2D eigenvalue weighted by Gasteiger charge is -2.26. The number of ether oxygens (including phenoxy) is 2. The van der Waals surface area contributed by atoms with Gasteiger partial charge in [0.15, 0.2) is 5.54 Å². The smallest absolute Gasteiger partial charge is 0.408 e. The molecule has 2 atom stereocenters. The summed E-state index contributed by atoms with van der Waals surface area (Å²) in [6.07, 6.45) is 0.710. The molecule has 2 amide bonds.